The van der Waals surface area contributed by atoms with Crippen LogP contribution in [0.25, 0.3) is 0 Å². The lowest BCUT2D eigenvalue weighted by molar-refractivity contribution is 0.208. The summed E-state index contributed by atoms with van der Waals surface area (Å²) in [5, 5.41) is 3.55. The Morgan fingerprint density at radius 2 is 2.04 bits per heavy atom. The molecular weight excluding hydrogens is 312 g/mol. The molecule has 23 heavy (non-hydrogen) atoms. The first kappa shape index (κ1) is 15.7. The maximum absolute atomic E-state index is 12.7. The average Bonchev–Trinajstić information content (AvgIpc) is 2.49. The van der Waals surface area contributed by atoms with Gasteiger partial charge in [-0.2, -0.15) is 0 Å². The number of rotatable bonds is 1. The summed E-state index contributed by atoms with van der Waals surface area (Å²) < 4.78 is 5.78. The van der Waals surface area contributed by atoms with Gasteiger partial charge >= 0.3 is 6.03 Å². The van der Waals surface area contributed by atoms with Crippen LogP contribution in [0.15, 0.2) is 36.4 Å². The van der Waals surface area contributed by atoms with E-state index in [2.05, 4.69) is 5.32 Å². The first-order valence-corrected chi connectivity index (χ1v) is 7.94. The minimum atomic E-state index is -0.185. The summed E-state index contributed by atoms with van der Waals surface area (Å²) in [5.41, 5.74) is 3.70. The van der Waals surface area contributed by atoms with Gasteiger partial charge in [-0.15, -0.1) is 0 Å². The van der Waals surface area contributed by atoms with Gasteiger partial charge in [-0.05, 0) is 50.6 Å². The van der Waals surface area contributed by atoms with Gasteiger partial charge in [0.2, 0.25) is 0 Å². The molecule has 2 aromatic carbocycles. The molecule has 0 spiro atoms. The van der Waals surface area contributed by atoms with Crippen LogP contribution in [0.5, 0.6) is 5.75 Å². The zero-order valence-corrected chi connectivity index (χ0v) is 14.1. The molecule has 1 aliphatic heterocycles. The number of anilines is 2. The fourth-order valence-corrected chi connectivity index (χ4v) is 2.91. The molecular formula is C18H19ClN2O2. The van der Waals surface area contributed by atoms with E-state index >= 15 is 0 Å². The summed E-state index contributed by atoms with van der Waals surface area (Å²) in [6.07, 6.45) is -0.0754. The number of fused-ring (bicyclic) bond motifs is 1. The topological polar surface area (TPSA) is 41.6 Å². The van der Waals surface area contributed by atoms with Gasteiger partial charge in [0.05, 0.1) is 12.2 Å². The Hall–Kier alpha value is -2.20. The molecule has 120 valence electrons. The molecule has 1 aliphatic rings. The van der Waals surface area contributed by atoms with Crippen LogP contribution in [0.1, 0.15) is 18.1 Å². The van der Waals surface area contributed by atoms with Gasteiger partial charge in [0.1, 0.15) is 11.9 Å². The first-order valence-electron chi connectivity index (χ1n) is 7.56. The Labute approximate surface area is 141 Å². The zero-order chi connectivity index (χ0) is 16.6. The smallest absolute Gasteiger partial charge is 0.326 e. The van der Waals surface area contributed by atoms with E-state index in [0.717, 1.165) is 16.8 Å². The van der Waals surface area contributed by atoms with E-state index in [1.807, 2.05) is 39.0 Å². The number of hydrogen-bond donors (Lipinski definition) is 1. The second-order valence-electron chi connectivity index (χ2n) is 5.90. The van der Waals surface area contributed by atoms with Crippen LogP contribution in [-0.2, 0) is 0 Å². The number of benzene rings is 2. The number of carbonyl (C=O) groups excluding carboxylic acids is 1. The van der Waals surface area contributed by atoms with Crippen LogP contribution >= 0.6 is 11.6 Å². The first-order chi connectivity index (χ1) is 10.9. The lowest BCUT2D eigenvalue weighted by Crippen LogP contribution is -2.44. The summed E-state index contributed by atoms with van der Waals surface area (Å²) in [6, 6.07) is 11.1. The molecule has 3 rings (SSSR count). The maximum Gasteiger partial charge on any atom is 0.326 e. The monoisotopic (exact) mass is 330 g/mol. The van der Waals surface area contributed by atoms with E-state index < -0.39 is 0 Å². The summed E-state index contributed by atoms with van der Waals surface area (Å²) in [4.78, 5) is 14.4. The van der Waals surface area contributed by atoms with Gasteiger partial charge in [-0.25, -0.2) is 4.79 Å². The highest BCUT2D eigenvalue weighted by Gasteiger charge is 2.28. The van der Waals surface area contributed by atoms with E-state index in [9.17, 15) is 4.79 Å². The Morgan fingerprint density at radius 1 is 1.26 bits per heavy atom. The number of nitrogens with zero attached hydrogens (tertiary/aromatic N) is 1. The van der Waals surface area contributed by atoms with Crippen molar-refractivity contribution in [3.05, 3.63) is 52.5 Å². The Balaban J connectivity index is 1.89. The van der Waals surface area contributed by atoms with Gasteiger partial charge in [0.25, 0.3) is 0 Å². The van der Waals surface area contributed by atoms with Crippen LogP contribution in [0, 0.1) is 13.8 Å². The summed E-state index contributed by atoms with van der Waals surface area (Å²) in [7, 11) is 0. The molecule has 0 radical (unpaired) electrons. The highest BCUT2D eigenvalue weighted by Crippen LogP contribution is 2.36. The summed E-state index contributed by atoms with van der Waals surface area (Å²) in [5.74, 6) is 0.670. The van der Waals surface area contributed by atoms with Crippen LogP contribution < -0.4 is 15.0 Å². The van der Waals surface area contributed by atoms with Crippen molar-refractivity contribution in [3.8, 4) is 5.75 Å². The fraction of sp³-hybridized carbons (Fsp3) is 0.278. The van der Waals surface area contributed by atoms with Crippen molar-refractivity contribution in [1.29, 1.82) is 0 Å². The lowest BCUT2D eigenvalue weighted by Gasteiger charge is -2.33. The molecule has 1 N–H and O–H groups in total. The van der Waals surface area contributed by atoms with Gasteiger partial charge in [-0.1, -0.05) is 29.3 Å². The second kappa shape index (κ2) is 6.13. The molecule has 0 saturated carbocycles. The number of hydrogen-bond acceptors (Lipinski definition) is 2. The van der Waals surface area contributed by atoms with Gasteiger partial charge < -0.3 is 10.1 Å². The van der Waals surface area contributed by atoms with E-state index in [0.29, 0.717) is 23.0 Å². The molecule has 0 saturated heterocycles. The van der Waals surface area contributed by atoms with Crippen molar-refractivity contribution >= 4 is 29.0 Å². The molecule has 2 aromatic rings. The minimum absolute atomic E-state index is 0.0754. The number of halogens is 1. The summed E-state index contributed by atoms with van der Waals surface area (Å²) in [6.45, 7) is 6.43. The Bertz CT molecular complexity index is 761. The number of urea groups is 1. The third-order valence-electron chi connectivity index (χ3n) is 3.85. The van der Waals surface area contributed by atoms with Crippen molar-refractivity contribution in [3.63, 3.8) is 0 Å². The zero-order valence-electron chi connectivity index (χ0n) is 13.4. The highest BCUT2D eigenvalue weighted by molar-refractivity contribution is 6.31. The van der Waals surface area contributed by atoms with Crippen LogP contribution in [0.3, 0.4) is 0 Å². The number of ether oxygens (including phenoxy) is 1. The van der Waals surface area contributed by atoms with E-state index in [-0.39, 0.29) is 12.1 Å². The van der Waals surface area contributed by atoms with Gasteiger partial charge in [-0.3, -0.25) is 4.90 Å². The van der Waals surface area contributed by atoms with Crippen LogP contribution in [0.2, 0.25) is 5.02 Å². The lowest BCUT2D eigenvalue weighted by atomic mass is 10.1. The van der Waals surface area contributed by atoms with E-state index in [1.165, 1.54) is 0 Å². The molecule has 0 bridgehead atoms. The Morgan fingerprint density at radius 3 is 2.78 bits per heavy atom. The molecule has 5 heteroatoms. The molecule has 4 nitrogen and oxygen atoms in total. The van der Waals surface area contributed by atoms with Crippen molar-refractivity contribution in [2.24, 2.45) is 0 Å². The number of nitrogens with one attached hydrogen (secondary N) is 1. The van der Waals surface area contributed by atoms with Crippen LogP contribution in [-0.4, -0.2) is 18.7 Å². The third kappa shape index (κ3) is 3.27. The van der Waals surface area contributed by atoms with Crippen molar-refractivity contribution in [2.75, 3.05) is 16.8 Å². The largest absolute Gasteiger partial charge is 0.487 e. The molecule has 0 fully saturated rings. The fourth-order valence-electron chi connectivity index (χ4n) is 2.74. The Kier molecular flexibility index (Phi) is 4.18. The maximum atomic E-state index is 12.7. The molecule has 0 unspecified atom stereocenters. The minimum Gasteiger partial charge on any atom is -0.487 e. The predicted octanol–water partition coefficient (Wildman–Crippen LogP) is 4.78. The normalized spacial score (nSPS) is 16.5. The van der Waals surface area contributed by atoms with Crippen LogP contribution in [0.4, 0.5) is 16.2 Å². The third-order valence-corrected chi connectivity index (χ3v) is 4.08. The SMILES string of the molecule is Cc1ccc(NC(=O)N2C[C@H](C)Oc3ccc(Cl)cc32)c(C)c1. The molecule has 1 heterocycles. The van der Waals surface area contributed by atoms with E-state index in [4.69, 9.17) is 16.3 Å². The van der Waals surface area contributed by atoms with Crippen molar-refractivity contribution in [2.45, 2.75) is 26.9 Å². The molecule has 0 aromatic heterocycles. The highest BCUT2D eigenvalue weighted by atomic mass is 35.5. The molecule has 2 amide bonds. The van der Waals surface area contributed by atoms with Crippen molar-refractivity contribution in [1.82, 2.24) is 0 Å². The number of amides is 2. The summed E-state index contributed by atoms with van der Waals surface area (Å²) >= 11 is 6.07. The molecule has 1 atom stereocenters. The number of carbonyl (C=O) groups is 1. The van der Waals surface area contributed by atoms with Gasteiger partial charge in [0, 0.05) is 10.7 Å². The second-order valence-corrected chi connectivity index (χ2v) is 6.34. The van der Waals surface area contributed by atoms with Gasteiger partial charge in [0.15, 0.2) is 0 Å². The predicted molar refractivity (Wildman–Crippen MR) is 93.8 cm³/mol. The quantitative estimate of drug-likeness (QED) is 0.817. The number of aryl methyl sites for hydroxylation is 2. The van der Waals surface area contributed by atoms with Crippen molar-refractivity contribution < 1.29 is 9.53 Å². The standard InChI is InChI=1S/C18H19ClN2O2/c1-11-4-6-15(12(2)8-11)20-18(22)21-10-13(3)23-17-7-5-14(19)9-16(17)21/h4-9,13H,10H2,1-3H3,(H,20,22)/t13-/m0/s1. The van der Waals surface area contributed by atoms with E-state index in [1.54, 1.807) is 23.1 Å². The average molecular weight is 331 g/mol. The molecule has 0 aliphatic carbocycles.